The molecule has 0 heterocycles. The average Bonchev–Trinajstić information content (AvgIpc) is 2.95. The van der Waals surface area contributed by atoms with Gasteiger partial charge in [0.05, 0.1) is 0 Å². The van der Waals surface area contributed by atoms with Crippen LogP contribution in [0.3, 0.4) is 0 Å². The second-order valence-electron chi connectivity index (χ2n) is 4.47. The molecule has 0 aliphatic heterocycles. The van der Waals surface area contributed by atoms with Crippen molar-refractivity contribution in [2.45, 2.75) is 17.9 Å². The van der Waals surface area contributed by atoms with Crippen LogP contribution >= 0.6 is 0 Å². The molecular weight excluding hydrogens is 209 g/mol. The third kappa shape index (κ3) is 1.50. The SMILES string of the molecule is CN(C)C1CC1(C(=O)O)c1ccc(F)cc1. The lowest BCUT2D eigenvalue weighted by Gasteiger charge is -2.16. The quantitative estimate of drug-likeness (QED) is 0.843. The zero-order valence-corrected chi connectivity index (χ0v) is 9.27. The largest absolute Gasteiger partial charge is 0.481 e. The first-order valence-electron chi connectivity index (χ1n) is 5.14. The third-order valence-corrected chi connectivity index (χ3v) is 3.29. The summed E-state index contributed by atoms with van der Waals surface area (Å²) in [6, 6.07) is 5.74. The number of nitrogens with zero attached hydrogens (tertiary/aromatic N) is 1. The summed E-state index contributed by atoms with van der Waals surface area (Å²) in [6.45, 7) is 0. The lowest BCUT2D eigenvalue weighted by molar-refractivity contribution is -0.140. The van der Waals surface area contributed by atoms with Crippen molar-refractivity contribution in [3.05, 3.63) is 35.6 Å². The first-order chi connectivity index (χ1) is 7.48. The minimum atomic E-state index is -0.850. The Morgan fingerprint density at radius 3 is 2.38 bits per heavy atom. The first kappa shape index (κ1) is 11.1. The van der Waals surface area contributed by atoms with Crippen molar-refractivity contribution in [3.63, 3.8) is 0 Å². The molecule has 0 radical (unpaired) electrons. The maximum Gasteiger partial charge on any atom is 0.315 e. The van der Waals surface area contributed by atoms with Crippen molar-refractivity contribution in [3.8, 4) is 0 Å². The van der Waals surface area contributed by atoms with Crippen LogP contribution in [0.2, 0.25) is 0 Å². The summed E-state index contributed by atoms with van der Waals surface area (Å²) in [5, 5.41) is 9.33. The molecule has 1 N–H and O–H groups in total. The molecular formula is C12H14FNO2. The second kappa shape index (κ2) is 3.56. The van der Waals surface area contributed by atoms with Crippen molar-refractivity contribution < 1.29 is 14.3 Å². The van der Waals surface area contributed by atoms with E-state index in [1.807, 2.05) is 19.0 Å². The molecule has 0 aromatic heterocycles. The van der Waals surface area contributed by atoms with Crippen LogP contribution in [0.4, 0.5) is 4.39 Å². The van der Waals surface area contributed by atoms with E-state index in [0.29, 0.717) is 12.0 Å². The lowest BCUT2D eigenvalue weighted by atomic mass is 9.95. The van der Waals surface area contributed by atoms with Crippen LogP contribution in [-0.4, -0.2) is 36.1 Å². The summed E-state index contributed by atoms with van der Waals surface area (Å²) in [5.41, 5.74) is -0.169. The Kier molecular flexibility index (Phi) is 2.46. The first-order valence-corrected chi connectivity index (χ1v) is 5.14. The van der Waals surface area contributed by atoms with Gasteiger partial charge in [-0.3, -0.25) is 4.79 Å². The van der Waals surface area contributed by atoms with E-state index in [1.165, 1.54) is 12.1 Å². The zero-order chi connectivity index (χ0) is 11.9. The van der Waals surface area contributed by atoms with Crippen LogP contribution in [0.1, 0.15) is 12.0 Å². The number of carbonyl (C=O) groups is 1. The fraction of sp³-hybridized carbons (Fsp3) is 0.417. The van der Waals surface area contributed by atoms with Gasteiger partial charge in [0.15, 0.2) is 0 Å². The Bertz CT molecular complexity index is 416. The van der Waals surface area contributed by atoms with Crippen LogP contribution in [0.15, 0.2) is 24.3 Å². The lowest BCUT2D eigenvalue weighted by Crippen LogP contribution is -2.31. The molecule has 3 nitrogen and oxygen atoms in total. The molecule has 1 saturated carbocycles. The number of hydrogen-bond acceptors (Lipinski definition) is 2. The van der Waals surface area contributed by atoms with E-state index in [0.717, 1.165) is 0 Å². The van der Waals surface area contributed by atoms with Crippen molar-refractivity contribution in [2.75, 3.05) is 14.1 Å². The maximum absolute atomic E-state index is 12.8. The number of carboxylic acids is 1. The second-order valence-corrected chi connectivity index (χ2v) is 4.47. The van der Waals surface area contributed by atoms with E-state index < -0.39 is 11.4 Å². The minimum Gasteiger partial charge on any atom is -0.481 e. The van der Waals surface area contributed by atoms with Crippen molar-refractivity contribution in [2.24, 2.45) is 0 Å². The van der Waals surface area contributed by atoms with E-state index in [-0.39, 0.29) is 11.9 Å². The van der Waals surface area contributed by atoms with E-state index >= 15 is 0 Å². The summed E-state index contributed by atoms with van der Waals surface area (Å²) in [6.07, 6.45) is 0.584. The molecule has 16 heavy (non-hydrogen) atoms. The molecule has 86 valence electrons. The van der Waals surface area contributed by atoms with E-state index in [2.05, 4.69) is 0 Å². The van der Waals surface area contributed by atoms with Crippen LogP contribution < -0.4 is 0 Å². The monoisotopic (exact) mass is 223 g/mol. The zero-order valence-electron chi connectivity index (χ0n) is 9.27. The van der Waals surface area contributed by atoms with Gasteiger partial charge < -0.3 is 10.0 Å². The number of likely N-dealkylation sites (N-methyl/N-ethyl adjacent to an activating group) is 1. The molecule has 0 bridgehead atoms. The van der Waals surface area contributed by atoms with Crippen molar-refractivity contribution >= 4 is 5.97 Å². The number of halogens is 1. The van der Waals surface area contributed by atoms with Crippen LogP contribution in [0, 0.1) is 5.82 Å². The molecule has 1 aromatic carbocycles. The molecule has 1 aliphatic rings. The Morgan fingerprint density at radius 1 is 1.44 bits per heavy atom. The molecule has 4 heteroatoms. The number of hydrogen-bond donors (Lipinski definition) is 1. The van der Waals surface area contributed by atoms with Gasteiger partial charge in [-0.2, -0.15) is 0 Å². The highest BCUT2D eigenvalue weighted by atomic mass is 19.1. The van der Waals surface area contributed by atoms with E-state index in [1.54, 1.807) is 12.1 Å². The van der Waals surface area contributed by atoms with Gasteiger partial charge in [0.1, 0.15) is 11.2 Å². The predicted molar refractivity (Wildman–Crippen MR) is 57.8 cm³/mol. The predicted octanol–water partition coefficient (Wildman–Crippen LogP) is 1.48. The van der Waals surface area contributed by atoms with Gasteiger partial charge in [-0.25, -0.2) is 4.39 Å². The Hall–Kier alpha value is -1.42. The number of benzene rings is 1. The molecule has 2 unspecified atom stereocenters. The van der Waals surface area contributed by atoms with Crippen LogP contribution in [0.25, 0.3) is 0 Å². The molecule has 0 saturated heterocycles. The van der Waals surface area contributed by atoms with Gasteiger partial charge in [0.25, 0.3) is 0 Å². The fourth-order valence-corrected chi connectivity index (χ4v) is 2.28. The van der Waals surface area contributed by atoms with Gasteiger partial charge >= 0.3 is 5.97 Å². The highest BCUT2D eigenvalue weighted by Crippen LogP contribution is 2.51. The summed E-state index contributed by atoms with van der Waals surface area (Å²) >= 11 is 0. The van der Waals surface area contributed by atoms with Crippen LogP contribution in [-0.2, 0) is 10.2 Å². The summed E-state index contributed by atoms with van der Waals surface area (Å²) in [4.78, 5) is 13.3. The van der Waals surface area contributed by atoms with E-state index in [9.17, 15) is 14.3 Å². The topological polar surface area (TPSA) is 40.5 Å². The number of rotatable bonds is 3. The summed E-state index contributed by atoms with van der Waals surface area (Å²) in [5.74, 6) is -1.18. The highest BCUT2D eigenvalue weighted by Gasteiger charge is 2.62. The summed E-state index contributed by atoms with van der Waals surface area (Å²) in [7, 11) is 3.72. The van der Waals surface area contributed by atoms with E-state index in [4.69, 9.17) is 0 Å². The Morgan fingerprint density at radius 2 is 2.00 bits per heavy atom. The molecule has 2 rings (SSSR count). The van der Waals surface area contributed by atoms with Crippen molar-refractivity contribution in [1.82, 2.24) is 4.90 Å². The van der Waals surface area contributed by atoms with Gasteiger partial charge in [0, 0.05) is 6.04 Å². The average molecular weight is 223 g/mol. The molecule has 0 amide bonds. The third-order valence-electron chi connectivity index (χ3n) is 3.29. The maximum atomic E-state index is 12.8. The molecule has 2 atom stereocenters. The van der Waals surface area contributed by atoms with Crippen LogP contribution in [0.5, 0.6) is 0 Å². The smallest absolute Gasteiger partial charge is 0.315 e. The number of aliphatic carboxylic acids is 1. The molecule has 0 spiro atoms. The molecule has 1 aliphatic carbocycles. The van der Waals surface area contributed by atoms with Gasteiger partial charge in [0.2, 0.25) is 0 Å². The number of carboxylic acid groups (broad SMARTS) is 1. The Balaban J connectivity index is 2.36. The molecule has 1 fully saturated rings. The van der Waals surface area contributed by atoms with Gasteiger partial charge in [-0.15, -0.1) is 0 Å². The standard InChI is InChI=1S/C12H14FNO2/c1-14(2)10-7-12(10,11(15)16)8-3-5-9(13)6-4-8/h3-6,10H,7H2,1-2H3,(H,15,16). The van der Waals surface area contributed by atoms with Crippen molar-refractivity contribution in [1.29, 1.82) is 0 Å². The highest BCUT2D eigenvalue weighted by molar-refractivity contribution is 5.87. The molecule has 1 aromatic rings. The fourth-order valence-electron chi connectivity index (χ4n) is 2.28. The minimum absolute atomic E-state index is 0.00420. The van der Waals surface area contributed by atoms with Gasteiger partial charge in [-0.1, -0.05) is 12.1 Å². The Labute approximate surface area is 93.5 Å². The normalized spacial score (nSPS) is 28.1. The van der Waals surface area contributed by atoms with Gasteiger partial charge in [-0.05, 0) is 38.2 Å². The summed E-state index contributed by atoms with van der Waals surface area (Å²) < 4.78 is 12.8.